The third-order valence-electron chi connectivity index (χ3n) is 2.62. The second-order valence-electron chi connectivity index (χ2n) is 3.89. The van der Waals surface area contributed by atoms with Crippen molar-refractivity contribution < 1.29 is 13.9 Å². The van der Waals surface area contributed by atoms with Crippen LogP contribution in [0.2, 0.25) is 0 Å². The Labute approximate surface area is 104 Å². The van der Waals surface area contributed by atoms with Gasteiger partial charge in [-0.15, -0.1) is 0 Å². The minimum Gasteiger partial charge on any atom is -0.496 e. The lowest BCUT2D eigenvalue weighted by molar-refractivity contribution is 0.103. The lowest BCUT2D eigenvalue weighted by Gasteiger charge is -2.09. The van der Waals surface area contributed by atoms with Crippen LogP contribution in [0.15, 0.2) is 36.7 Å². The number of hydrogen-bond donors (Lipinski definition) is 0. The van der Waals surface area contributed by atoms with Crippen LogP contribution in [-0.2, 0) is 0 Å². The van der Waals surface area contributed by atoms with Crippen molar-refractivity contribution >= 4 is 5.78 Å². The zero-order valence-corrected chi connectivity index (χ0v) is 10.1. The minimum absolute atomic E-state index is 0.00565. The maximum atomic E-state index is 13.5. The number of pyridine rings is 1. The van der Waals surface area contributed by atoms with Gasteiger partial charge in [-0.2, -0.15) is 0 Å². The molecule has 1 aromatic heterocycles. The second-order valence-corrected chi connectivity index (χ2v) is 3.89. The molecule has 4 heteroatoms. The minimum atomic E-state index is -0.633. The molecule has 1 aromatic carbocycles. The highest BCUT2D eigenvalue weighted by atomic mass is 19.1. The molecule has 2 aromatic rings. The number of ether oxygens (including phenoxy) is 1. The van der Waals surface area contributed by atoms with E-state index < -0.39 is 11.6 Å². The number of halogens is 1. The molecule has 2 rings (SSSR count). The first kappa shape index (κ1) is 12.2. The van der Waals surface area contributed by atoms with Crippen LogP contribution in [-0.4, -0.2) is 17.9 Å². The van der Waals surface area contributed by atoms with E-state index in [-0.39, 0.29) is 5.56 Å². The van der Waals surface area contributed by atoms with E-state index in [1.54, 1.807) is 12.1 Å². The van der Waals surface area contributed by atoms with Crippen molar-refractivity contribution in [2.24, 2.45) is 0 Å². The molecule has 0 atom stereocenters. The fourth-order valence-corrected chi connectivity index (χ4v) is 1.70. The summed E-state index contributed by atoms with van der Waals surface area (Å²) in [6.45, 7) is 1.86. The summed E-state index contributed by atoms with van der Waals surface area (Å²) in [6.07, 6.45) is 2.41. The third kappa shape index (κ3) is 2.22. The predicted molar refractivity (Wildman–Crippen MR) is 65.4 cm³/mol. The first-order valence-electron chi connectivity index (χ1n) is 5.42. The lowest BCUT2D eigenvalue weighted by Crippen LogP contribution is -2.07. The summed E-state index contributed by atoms with van der Waals surface area (Å²) >= 11 is 0. The number of carbonyl (C=O) groups is 1. The van der Waals surface area contributed by atoms with E-state index in [0.29, 0.717) is 11.3 Å². The van der Waals surface area contributed by atoms with Crippen LogP contribution >= 0.6 is 0 Å². The number of rotatable bonds is 3. The van der Waals surface area contributed by atoms with Gasteiger partial charge in [0.05, 0.1) is 24.4 Å². The van der Waals surface area contributed by atoms with Gasteiger partial charge >= 0.3 is 0 Å². The van der Waals surface area contributed by atoms with Crippen molar-refractivity contribution in [3.8, 4) is 5.75 Å². The van der Waals surface area contributed by atoms with Gasteiger partial charge in [0.15, 0.2) is 11.6 Å². The fourth-order valence-electron chi connectivity index (χ4n) is 1.70. The number of methoxy groups -OCH3 is 1. The molecule has 18 heavy (non-hydrogen) atoms. The number of carbonyl (C=O) groups excluding carboxylic acids is 1. The number of hydrogen-bond acceptors (Lipinski definition) is 3. The van der Waals surface area contributed by atoms with E-state index in [4.69, 9.17) is 4.74 Å². The molecule has 0 bridgehead atoms. The van der Waals surface area contributed by atoms with Crippen molar-refractivity contribution in [1.82, 2.24) is 4.98 Å². The van der Waals surface area contributed by atoms with Gasteiger partial charge in [-0.25, -0.2) is 4.39 Å². The van der Waals surface area contributed by atoms with Crippen molar-refractivity contribution in [2.45, 2.75) is 6.92 Å². The van der Waals surface area contributed by atoms with Gasteiger partial charge in [-0.05, 0) is 25.1 Å². The van der Waals surface area contributed by atoms with Gasteiger partial charge in [-0.1, -0.05) is 11.6 Å². The largest absolute Gasteiger partial charge is 0.496 e. The third-order valence-corrected chi connectivity index (χ3v) is 2.62. The summed E-state index contributed by atoms with van der Waals surface area (Å²) in [5.41, 5.74) is 1.25. The summed E-state index contributed by atoms with van der Waals surface area (Å²) in [6, 6.07) is 6.57. The van der Waals surface area contributed by atoms with Crippen molar-refractivity contribution in [1.29, 1.82) is 0 Å². The number of ketones is 1. The summed E-state index contributed by atoms with van der Waals surface area (Å²) in [5, 5.41) is 0. The van der Waals surface area contributed by atoms with Crippen LogP contribution < -0.4 is 4.74 Å². The van der Waals surface area contributed by atoms with Crippen LogP contribution in [0.1, 0.15) is 21.5 Å². The highest BCUT2D eigenvalue weighted by Gasteiger charge is 2.17. The van der Waals surface area contributed by atoms with E-state index in [1.807, 2.05) is 13.0 Å². The Morgan fingerprint density at radius 1 is 1.28 bits per heavy atom. The number of aryl methyl sites for hydroxylation is 1. The Bertz CT molecular complexity index is 596. The van der Waals surface area contributed by atoms with Gasteiger partial charge < -0.3 is 4.74 Å². The van der Waals surface area contributed by atoms with Gasteiger partial charge in [0.2, 0.25) is 0 Å². The molecule has 0 saturated carbocycles. The Balaban J connectivity index is 2.52. The van der Waals surface area contributed by atoms with Crippen LogP contribution in [0.3, 0.4) is 0 Å². The maximum absolute atomic E-state index is 13.5. The molecule has 0 aliphatic rings. The molecular formula is C14H12FNO2. The molecule has 0 N–H and O–H groups in total. The smallest absolute Gasteiger partial charge is 0.199 e. The van der Waals surface area contributed by atoms with Crippen molar-refractivity contribution in [3.05, 3.63) is 59.2 Å². The van der Waals surface area contributed by atoms with Crippen molar-refractivity contribution in [3.63, 3.8) is 0 Å². The van der Waals surface area contributed by atoms with Crippen LogP contribution in [0.4, 0.5) is 4.39 Å². The number of nitrogens with zero attached hydrogens (tertiary/aromatic N) is 1. The van der Waals surface area contributed by atoms with Crippen LogP contribution in [0.5, 0.6) is 5.75 Å². The Morgan fingerprint density at radius 3 is 2.72 bits per heavy atom. The number of benzene rings is 1. The molecule has 92 valence electrons. The Morgan fingerprint density at radius 2 is 2.06 bits per heavy atom. The fraction of sp³-hybridized carbons (Fsp3) is 0.143. The molecule has 0 unspecified atom stereocenters. The highest BCUT2D eigenvalue weighted by Crippen LogP contribution is 2.23. The molecule has 0 aliphatic heterocycles. The van der Waals surface area contributed by atoms with E-state index >= 15 is 0 Å². The normalized spacial score (nSPS) is 10.2. The lowest BCUT2D eigenvalue weighted by atomic mass is 10.0. The van der Waals surface area contributed by atoms with E-state index in [1.165, 1.54) is 19.4 Å². The predicted octanol–water partition coefficient (Wildman–Crippen LogP) is 2.77. The molecule has 3 nitrogen and oxygen atoms in total. The Hall–Kier alpha value is -2.23. The molecule has 0 aliphatic carbocycles. The molecule has 0 amide bonds. The van der Waals surface area contributed by atoms with Gasteiger partial charge in [0.25, 0.3) is 0 Å². The molecular weight excluding hydrogens is 233 g/mol. The monoisotopic (exact) mass is 245 g/mol. The standard InChI is InChI=1S/C14H12FNO2/c1-9-3-4-13(18-2)11(7-9)14(17)10-5-6-16-8-12(10)15/h3-8H,1-2H3. The first-order valence-corrected chi connectivity index (χ1v) is 5.42. The van der Waals surface area contributed by atoms with E-state index in [2.05, 4.69) is 4.98 Å². The maximum Gasteiger partial charge on any atom is 0.199 e. The van der Waals surface area contributed by atoms with E-state index in [9.17, 15) is 9.18 Å². The molecule has 0 saturated heterocycles. The zero-order valence-electron chi connectivity index (χ0n) is 10.1. The summed E-state index contributed by atoms with van der Waals surface area (Å²) in [4.78, 5) is 15.9. The molecule has 0 radical (unpaired) electrons. The van der Waals surface area contributed by atoms with Gasteiger partial charge in [0, 0.05) is 6.20 Å². The SMILES string of the molecule is COc1ccc(C)cc1C(=O)c1ccncc1F. The quantitative estimate of drug-likeness (QED) is 0.780. The summed E-state index contributed by atoms with van der Waals surface area (Å²) in [5.74, 6) is -0.608. The second kappa shape index (κ2) is 4.96. The summed E-state index contributed by atoms with van der Waals surface area (Å²) < 4.78 is 18.7. The molecule has 0 fully saturated rings. The van der Waals surface area contributed by atoms with E-state index in [0.717, 1.165) is 11.8 Å². The average Bonchev–Trinajstić information content (AvgIpc) is 2.38. The Kier molecular flexibility index (Phi) is 3.37. The van der Waals surface area contributed by atoms with Crippen LogP contribution in [0, 0.1) is 12.7 Å². The van der Waals surface area contributed by atoms with Gasteiger partial charge in [-0.3, -0.25) is 9.78 Å². The van der Waals surface area contributed by atoms with Crippen LogP contribution in [0.25, 0.3) is 0 Å². The average molecular weight is 245 g/mol. The molecule has 1 heterocycles. The highest BCUT2D eigenvalue weighted by molar-refractivity contribution is 6.10. The summed E-state index contributed by atoms with van der Waals surface area (Å²) in [7, 11) is 1.48. The number of aromatic nitrogens is 1. The van der Waals surface area contributed by atoms with Gasteiger partial charge in [0.1, 0.15) is 5.75 Å². The topological polar surface area (TPSA) is 39.2 Å². The first-order chi connectivity index (χ1) is 8.63. The molecule has 0 spiro atoms. The van der Waals surface area contributed by atoms with Crippen molar-refractivity contribution in [2.75, 3.05) is 7.11 Å². The zero-order chi connectivity index (χ0) is 13.1.